The molecule has 1 aromatic heterocycles. The minimum Gasteiger partial charge on any atom is -0.339 e. The maximum Gasteiger partial charge on any atom is 0.253 e. The smallest absolute Gasteiger partial charge is 0.253 e. The third-order valence-corrected chi connectivity index (χ3v) is 4.91. The van der Waals surface area contributed by atoms with Gasteiger partial charge < -0.3 is 9.42 Å². The number of benzene rings is 2. The zero-order valence-electron chi connectivity index (χ0n) is 15.0. The van der Waals surface area contributed by atoms with Crippen LogP contribution in [-0.2, 0) is 0 Å². The molecule has 0 saturated carbocycles. The molecule has 28 heavy (non-hydrogen) atoms. The summed E-state index contributed by atoms with van der Waals surface area (Å²) in [5.41, 5.74) is 1.69. The molecule has 0 aliphatic carbocycles. The largest absolute Gasteiger partial charge is 0.339 e. The molecule has 1 fully saturated rings. The highest BCUT2D eigenvalue weighted by atomic mass is 19.1. The molecule has 4 rings (SSSR count). The lowest BCUT2D eigenvalue weighted by Gasteiger charge is -2.30. The standard InChI is InChI=1S/C21H17FN4O2/c22-18-6-4-15(5-7-18)19-24-20(28-25-19)16-8-10-26(11-9-16)21(27)17-3-1-2-14(12-17)13-23/h1-7,12,16H,8-11H2. The molecule has 2 aromatic carbocycles. The van der Waals surface area contributed by atoms with Gasteiger partial charge in [0.15, 0.2) is 0 Å². The number of nitrogens with zero attached hydrogens (tertiary/aromatic N) is 4. The summed E-state index contributed by atoms with van der Waals surface area (Å²) in [5.74, 6) is 0.661. The van der Waals surface area contributed by atoms with Crippen molar-refractivity contribution in [3.05, 3.63) is 71.4 Å². The predicted octanol–water partition coefficient (Wildman–Crippen LogP) is 3.77. The van der Waals surface area contributed by atoms with E-state index < -0.39 is 0 Å². The van der Waals surface area contributed by atoms with Crippen molar-refractivity contribution in [3.8, 4) is 17.5 Å². The number of nitriles is 1. The fraction of sp³-hybridized carbons (Fsp3) is 0.238. The predicted molar refractivity (Wildman–Crippen MR) is 98.7 cm³/mol. The molecule has 0 bridgehead atoms. The SMILES string of the molecule is N#Cc1cccc(C(=O)N2CCC(c3nc(-c4ccc(F)cc4)no3)CC2)c1. The Morgan fingerprint density at radius 3 is 2.64 bits per heavy atom. The molecular weight excluding hydrogens is 359 g/mol. The first-order valence-corrected chi connectivity index (χ1v) is 9.03. The van der Waals surface area contributed by atoms with Gasteiger partial charge in [-0.15, -0.1) is 0 Å². The second-order valence-electron chi connectivity index (χ2n) is 6.72. The second-order valence-corrected chi connectivity index (χ2v) is 6.72. The normalized spacial score (nSPS) is 14.6. The van der Waals surface area contributed by atoms with Crippen molar-refractivity contribution in [1.82, 2.24) is 15.0 Å². The summed E-state index contributed by atoms with van der Waals surface area (Å²) in [5, 5.41) is 13.0. The number of rotatable bonds is 3. The number of piperidine rings is 1. The first kappa shape index (κ1) is 17.9. The Kier molecular flexibility index (Phi) is 4.85. The molecule has 1 saturated heterocycles. The van der Waals surface area contributed by atoms with E-state index in [2.05, 4.69) is 16.2 Å². The topological polar surface area (TPSA) is 83.0 Å². The highest BCUT2D eigenvalue weighted by Crippen LogP contribution is 2.29. The Morgan fingerprint density at radius 2 is 1.93 bits per heavy atom. The van der Waals surface area contributed by atoms with Crippen molar-refractivity contribution >= 4 is 5.91 Å². The van der Waals surface area contributed by atoms with Crippen LogP contribution in [0.4, 0.5) is 4.39 Å². The number of aromatic nitrogens is 2. The van der Waals surface area contributed by atoms with Crippen molar-refractivity contribution in [2.75, 3.05) is 13.1 Å². The maximum absolute atomic E-state index is 13.1. The van der Waals surface area contributed by atoms with Gasteiger partial charge in [-0.3, -0.25) is 4.79 Å². The van der Waals surface area contributed by atoms with Crippen molar-refractivity contribution in [1.29, 1.82) is 5.26 Å². The number of carbonyl (C=O) groups excluding carboxylic acids is 1. The number of likely N-dealkylation sites (tertiary alicyclic amines) is 1. The fourth-order valence-electron chi connectivity index (χ4n) is 3.35. The van der Waals surface area contributed by atoms with E-state index in [1.807, 2.05) is 0 Å². The lowest BCUT2D eigenvalue weighted by molar-refractivity contribution is 0.0704. The molecule has 0 unspecified atom stereocenters. The molecule has 0 spiro atoms. The van der Waals surface area contributed by atoms with Gasteiger partial charge in [-0.05, 0) is 55.3 Å². The van der Waals surface area contributed by atoms with Gasteiger partial charge in [0.2, 0.25) is 11.7 Å². The number of carbonyl (C=O) groups is 1. The maximum atomic E-state index is 13.1. The summed E-state index contributed by atoms with van der Waals surface area (Å²) in [6, 6.07) is 14.7. The van der Waals surface area contributed by atoms with Crippen molar-refractivity contribution in [2.45, 2.75) is 18.8 Å². The van der Waals surface area contributed by atoms with E-state index >= 15 is 0 Å². The van der Waals surface area contributed by atoms with Crippen LogP contribution in [0.3, 0.4) is 0 Å². The summed E-state index contributed by atoms with van der Waals surface area (Å²) in [6.45, 7) is 1.16. The zero-order valence-corrected chi connectivity index (χ0v) is 15.0. The molecule has 0 N–H and O–H groups in total. The van der Waals surface area contributed by atoms with E-state index in [-0.39, 0.29) is 17.6 Å². The van der Waals surface area contributed by atoms with Crippen LogP contribution in [0.25, 0.3) is 11.4 Å². The molecule has 1 amide bonds. The number of hydrogen-bond donors (Lipinski definition) is 0. The highest BCUT2D eigenvalue weighted by Gasteiger charge is 2.28. The molecule has 7 heteroatoms. The van der Waals surface area contributed by atoms with Crippen LogP contribution < -0.4 is 0 Å². The van der Waals surface area contributed by atoms with E-state index in [0.29, 0.717) is 54.3 Å². The lowest BCUT2D eigenvalue weighted by Crippen LogP contribution is -2.38. The van der Waals surface area contributed by atoms with Gasteiger partial charge in [0.05, 0.1) is 11.6 Å². The first-order chi connectivity index (χ1) is 13.6. The summed E-state index contributed by atoms with van der Waals surface area (Å²) < 4.78 is 18.5. The van der Waals surface area contributed by atoms with Crippen LogP contribution >= 0.6 is 0 Å². The summed E-state index contributed by atoms with van der Waals surface area (Å²) in [7, 11) is 0. The highest BCUT2D eigenvalue weighted by molar-refractivity contribution is 5.94. The minimum atomic E-state index is -0.315. The molecule has 1 aliphatic rings. The van der Waals surface area contributed by atoms with E-state index in [9.17, 15) is 9.18 Å². The van der Waals surface area contributed by atoms with Crippen LogP contribution in [0.1, 0.15) is 40.6 Å². The minimum absolute atomic E-state index is 0.0759. The zero-order chi connectivity index (χ0) is 19.5. The average Bonchev–Trinajstić information content (AvgIpc) is 3.24. The average molecular weight is 376 g/mol. The summed E-state index contributed by atoms with van der Waals surface area (Å²) in [6.07, 6.45) is 1.43. The van der Waals surface area contributed by atoms with Crippen LogP contribution in [-0.4, -0.2) is 34.0 Å². The van der Waals surface area contributed by atoms with Crippen molar-refractivity contribution in [2.24, 2.45) is 0 Å². The molecule has 3 aromatic rings. The molecule has 2 heterocycles. The van der Waals surface area contributed by atoms with Crippen molar-refractivity contribution in [3.63, 3.8) is 0 Å². The van der Waals surface area contributed by atoms with Gasteiger partial charge in [-0.1, -0.05) is 11.2 Å². The van der Waals surface area contributed by atoms with Crippen molar-refractivity contribution < 1.29 is 13.7 Å². The first-order valence-electron chi connectivity index (χ1n) is 9.03. The van der Waals surface area contributed by atoms with Crippen LogP contribution in [0, 0.1) is 17.1 Å². The Bertz CT molecular complexity index is 1030. The van der Waals surface area contributed by atoms with Gasteiger partial charge in [-0.2, -0.15) is 10.2 Å². The van der Waals surface area contributed by atoms with Crippen LogP contribution in [0.5, 0.6) is 0 Å². The quantitative estimate of drug-likeness (QED) is 0.695. The van der Waals surface area contributed by atoms with Gasteiger partial charge in [-0.25, -0.2) is 4.39 Å². The third-order valence-electron chi connectivity index (χ3n) is 4.91. The molecule has 0 atom stereocenters. The molecule has 6 nitrogen and oxygen atoms in total. The number of halogens is 1. The van der Waals surface area contributed by atoms with Gasteiger partial charge >= 0.3 is 0 Å². The second kappa shape index (κ2) is 7.61. The molecule has 0 radical (unpaired) electrons. The fourth-order valence-corrected chi connectivity index (χ4v) is 3.35. The van der Waals surface area contributed by atoms with E-state index in [4.69, 9.17) is 9.78 Å². The van der Waals surface area contributed by atoms with E-state index in [1.165, 1.54) is 12.1 Å². The Hall–Kier alpha value is -3.53. The number of hydrogen-bond acceptors (Lipinski definition) is 5. The van der Waals surface area contributed by atoms with E-state index in [1.54, 1.807) is 41.3 Å². The van der Waals surface area contributed by atoms with Crippen LogP contribution in [0.2, 0.25) is 0 Å². The van der Waals surface area contributed by atoms with Gasteiger partial charge in [0.25, 0.3) is 5.91 Å². The van der Waals surface area contributed by atoms with Gasteiger partial charge in [0.1, 0.15) is 5.82 Å². The molecule has 1 aliphatic heterocycles. The summed E-state index contributed by atoms with van der Waals surface area (Å²) >= 11 is 0. The van der Waals surface area contributed by atoms with Gasteiger partial charge in [0, 0.05) is 30.1 Å². The van der Waals surface area contributed by atoms with Crippen LogP contribution in [0.15, 0.2) is 53.1 Å². The Balaban J connectivity index is 1.41. The summed E-state index contributed by atoms with van der Waals surface area (Å²) in [4.78, 5) is 18.9. The molecular formula is C21H17FN4O2. The molecule has 140 valence electrons. The monoisotopic (exact) mass is 376 g/mol. The third kappa shape index (κ3) is 3.62. The lowest BCUT2D eigenvalue weighted by atomic mass is 9.96. The van der Waals surface area contributed by atoms with E-state index in [0.717, 1.165) is 0 Å². The Morgan fingerprint density at radius 1 is 1.18 bits per heavy atom. The number of amides is 1. The Labute approximate surface area is 161 Å².